The van der Waals surface area contributed by atoms with E-state index in [4.69, 9.17) is 0 Å². The highest BCUT2D eigenvalue weighted by atomic mass is 16.1. The van der Waals surface area contributed by atoms with Crippen LogP contribution in [0.2, 0.25) is 0 Å². The van der Waals surface area contributed by atoms with Crippen molar-refractivity contribution in [1.29, 1.82) is 5.26 Å². The summed E-state index contributed by atoms with van der Waals surface area (Å²) < 4.78 is 1.68. The number of anilines is 4. The Balaban J connectivity index is 1.56. The number of amides is 1. The molecule has 2 aromatic heterocycles. The zero-order chi connectivity index (χ0) is 25.0. The van der Waals surface area contributed by atoms with Crippen molar-refractivity contribution in [2.24, 2.45) is 0 Å². The smallest absolute Gasteiger partial charge is 0.255 e. The van der Waals surface area contributed by atoms with Gasteiger partial charge in [0.15, 0.2) is 5.82 Å². The number of benzene rings is 2. The molecule has 0 saturated heterocycles. The maximum atomic E-state index is 12.9. The van der Waals surface area contributed by atoms with Gasteiger partial charge in [0.2, 0.25) is 0 Å². The predicted octanol–water partition coefficient (Wildman–Crippen LogP) is 4.81. The number of hydrogen-bond donors (Lipinski definition) is 3. The molecule has 2 heterocycles. The van der Waals surface area contributed by atoms with E-state index in [2.05, 4.69) is 37.1 Å². The molecule has 0 atom stereocenters. The Kier molecular flexibility index (Phi) is 6.46. The van der Waals surface area contributed by atoms with Crippen molar-refractivity contribution >= 4 is 28.9 Å². The molecule has 0 aliphatic carbocycles. The third-order valence-corrected chi connectivity index (χ3v) is 5.65. The fraction of sp³-hybridized carbons (Fsp3) is 0.192. The van der Waals surface area contributed by atoms with E-state index in [1.54, 1.807) is 42.2 Å². The van der Waals surface area contributed by atoms with Crippen LogP contribution in [0.4, 0.5) is 23.0 Å². The minimum atomic E-state index is -0.683. The van der Waals surface area contributed by atoms with E-state index >= 15 is 0 Å². The van der Waals surface area contributed by atoms with Gasteiger partial charge in [-0.2, -0.15) is 15.0 Å². The highest BCUT2D eigenvalue weighted by Gasteiger charge is 2.21. The molecule has 0 unspecified atom stereocenters. The van der Waals surface area contributed by atoms with E-state index in [1.165, 1.54) is 6.33 Å². The molecule has 35 heavy (non-hydrogen) atoms. The van der Waals surface area contributed by atoms with Gasteiger partial charge >= 0.3 is 0 Å². The molecule has 0 aliphatic heterocycles. The summed E-state index contributed by atoms with van der Waals surface area (Å²) >= 11 is 0. The van der Waals surface area contributed by atoms with E-state index in [-0.39, 0.29) is 5.91 Å². The van der Waals surface area contributed by atoms with Crippen LogP contribution in [0.5, 0.6) is 0 Å². The lowest BCUT2D eigenvalue weighted by Crippen LogP contribution is -2.17. The number of carbonyl (C=O) groups excluding carboxylic acids is 1. The number of nitrogens with zero attached hydrogens (tertiary/aromatic N) is 5. The van der Waals surface area contributed by atoms with Gasteiger partial charge < -0.3 is 16.0 Å². The molecule has 9 nitrogen and oxygen atoms in total. The topological polar surface area (TPSA) is 121 Å². The van der Waals surface area contributed by atoms with Gasteiger partial charge in [-0.1, -0.05) is 18.2 Å². The molecular formula is C26H26N8O. The van der Waals surface area contributed by atoms with Crippen molar-refractivity contribution in [3.8, 4) is 11.9 Å². The summed E-state index contributed by atoms with van der Waals surface area (Å²) in [5, 5.41) is 23.1. The highest BCUT2D eigenvalue weighted by Crippen LogP contribution is 2.27. The lowest BCUT2D eigenvalue weighted by molar-refractivity contribution is 0.102. The summed E-state index contributed by atoms with van der Waals surface area (Å²) in [4.78, 5) is 21.4. The van der Waals surface area contributed by atoms with E-state index in [0.717, 1.165) is 16.8 Å². The summed E-state index contributed by atoms with van der Waals surface area (Å²) in [6.45, 7) is 5.63. The fourth-order valence-electron chi connectivity index (χ4n) is 3.47. The molecule has 4 rings (SSSR count). The molecule has 3 N–H and O–H groups in total. The minimum Gasteiger partial charge on any atom is -0.373 e. The van der Waals surface area contributed by atoms with Gasteiger partial charge in [-0.15, -0.1) is 0 Å². The Morgan fingerprint density at radius 3 is 2.69 bits per heavy atom. The summed E-state index contributed by atoms with van der Waals surface area (Å²) in [5.74, 6) is 1.75. The SMILES string of the molecule is CNc1cc(-n2nccc2Nc2cc(NC(=O)c3cccc(C(C)(C)C#N)c3)ccc2C)ncn1. The Labute approximate surface area is 203 Å². The van der Waals surface area contributed by atoms with Crippen LogP contribution in [0.3, 0.4) is 0 Å². The van der Waals surface area contributed by atoms with Crippen LogP contribution < -0.4 is 16.0 Å². The van der Waals surface area contributed by atoms with Crippen molar-refractivity contribution in [2.75, 3.05) is 23.0 Å². The van der Waals surface area contributed by atoms with Crippen molar-refractivity contribution in [3.05, 3.63) is 83.8 Å². The van der Waals surface area contributed by atoms with Crippen LogP contribution in [-0.4, -0.2) is 32.7 Å². The number of aryl methyl sites for hydroxylation is 1. The molecule has 0 saturated carbocycles. The summed E-state index contributed by atoms with van der Waals surface area (Å²) in [6.07, 6.45) is 3.15. The number of nitrogens with one attached hydrogen (secondary N) is 3. The van der Waals surface area contributed by atoms with Crippen LogP contribution in [0.15, 0.2) is 67.1 Å². The van der Waals surface area contributed by atoms with Gasteiger partial charge in [0, 0.05) is 36.1 Å². The highest BCUT2D eigenvalue weighted by molar-refractivity contribution is 6.04. The second kappa shape index (κ2) is 9.65. The Morgan fingerprint density at radius 1 is 1.09 bits per heavy atom. The van der Waals surface area contributed by atoms with Crippen LogP contribution >= 0.6 is 0 Å². The molecule has 9 heteroatoms. The number of aromatic nitrogens is 4. The molecule has 2 aromatic carbocycles. The van der Waals surface area contributed by atoms with Gasteiger partial charge in [0.05, 0.1) is 17.7 Å². The second-order valence-corrected chi connectivity index (χ2v) is 8.57. The Morgan fingerprint density at radius 2 is 1.91 bits per heavy atom. The van der Waals surface area contributed by atoms with Crippen LogP contribution in [0.25, 0.3) is 5.82 Å². The lowest BCUT2D eigenvalue weighted by atomic mass is 9.85. The average molecular weight is 467 g/mol. The van der Waals surface area contributed by atoms with E-state index in [1.807, 2.05) is 51.1 Å². The third-order valence-electron chi connectivity index (χ3n) is 5.65. The molecule has 0 spiro atoms. The quantitative estimate of drug-likeness (QED) is 0.357. The van der Waals surface area contributed by atoms with Crippen molar-refractivity contribution in [1.82, 2.24) is 19.7 Å². The zero-order valence-electron chi connectivity index (χ0n) is 20.0. The largest absolute Gasteiger partial charge is 0.373 e. The number of hydrogen-bond acceptors (Lipinski definition) is 7. The summed E-state index contributed by atoms with van der Waals surface area (Å²) in [6, 6.07) is 18.7. The third kappa shape index (κ3) is 5.12. The van der Waals surface area contributed by atoms with Crippen molar-refractivity contribution in [2.45, 2.75) is 26.2 Å². The molecule has 0 bridgehead atoms. The molecule has 0 fully saturated rings. The van der Waals surface area contributed by atoms with E-state index in [9.17, 15) is 10.1 Å². The number of nitriles is 1. The Bertz CT molecular complexity index is 1420. The maximum absolute atomic E-state index is 12.9. The van der Waals surface area contributed by atoms with Crippen LogP contribution in [0, 0.1) is 18.3 Å². The average Bonchev–Trinajstić information content (AvgIpc) is 3.34. The summed E-state index contributed by atoms with van der Waals surface area (Å²) in [5.41, 5.74) is 3.04. The molecule has 1 amide bonds. The first-order valence-corrected chi connectivity index (χ1v) is 11.1. The van der Waals surface area contributed by atoms with Crippen LogP contribution in [-0.2, 0) is 5.41 Å². The number of rotatable bonds is 7. The normalized spacial score (nSPS) is 10.9. The first-order valence-electron chi connectivity index (χ1n) is 11.1. The van der Waals surface area contributed by atoms with E-state index in [0.29, 0.717) is 28.7 Å². The molecular weight excluding hydrogens is 440 g/mol. The van der Waals surface area contributed by atoms with Gasteiger partial charge in [0.1, 0.15) is 18.0 Å². The second-order valence-electron chi connectivity index (χ2n) is 8.57. The molecule has 4 aromatic rings. The predicted molar refractivity (Wildman–Crippen MR) is 136 cm³/mol. The van der Waals surface area contributed by atoms with Crippen molar-refractivity contribution in [3.63, 3.8) is 0 Å². The lowest BCUT2D eigenvalue weighted by Gasteiger charge is -2.17. The van der Waals surface area contributed by atoms with Crippen molar-refractivity contribution < 1.29 is 4.79 Å². The van der Waals surface area contributed by atoms with Gasteiger partial charge in [-0.3, -0.25) is 4.79 Å². The first-order chi connectivity index (χ1) is 16.8. The molecule has 0 aliphatic rings. The van der Waals surface area contributed by atoms with Gasteiger partial charge in [-0.25, -0.2) is 9.97 Å². The summed E-state index contributed by atoms with van der Waals surface area (Å²) in [7, 11) is 1.79. The fourth-order valence-corrected chi connectivity index (χ4v) is 3.47. The van der Waals surface area contributed by atoms with Crippen LogP contribution in [0.1, 0.15) is 35.3 Å². The minimum absolute atomic E-state index is 0.249. The first kappa shape index (κ1) is 23.4. The maximum Gasteiger partial charge on any atom is 0.255 e. The standard InChI is InChI=1S/C26H26N8O/c1-17-8-9-20(32-25(35)18-6-5-7-19(12-18)26(2,3)15-27)13-21(17)33-23-10-11-31-34(23)24-14-22(28-4)29-16-30-24/h5-14,16,33H,1-4H3,(H,32,35)(H,28,29,30). The number of carbonyl (C=O) groups is 1. The molecule has 176 valence electrons. The van der Waals surface area contributed by atoms with E-state index < -0.39 is 5.41 Å². The zero-order valence-corrected chi connectivity index (χ0v) is 20.0. The van der Waals surface area contributed by atoms with Gasteiger partial charge in [0.25, 0.3) is 5.91 Å². The van der Waals surface area contributed by atoms with Gasteiger partial charge in [-0.05, 0) is 56.2 Å². The Hall–Kier alpha value is -4.71. The monoisotopic (exact) mass is 466 g/mol. The molecule has 0 radical (unpaired) electrons.